The first-order chi connectivity index (χ1) is 25.1. The summed E-state index contributed by atoms with van der Waals surface area (Å²) in [7, 11) is -3.45. The quantitative estimate of drug-likeness (QED) is 0.132. The highest BCUT2D eigenvalue weighted by atomic mass is 28.4. The van der Waals surface area contributed by atoms with Crippen molar-refractivity contribution in [3.63, 3.8) is 0 Å². The molecule has 0 radical (unpaired) electrons. The predicted octanol–water partition coefficient (Wildman–Crippen LogP) is 6.83. The SMILES string of the molecule is C[C@H]1[C@H]([Si](C)(C)F)[C@@H](CCn2cc([C@H](O)c3ccccc3)nn2)O[C@]12C(=O)N(Cc1ccccc1)c1ccc(N3C(=O)COc4ccccc43)cc12. The molecule has 0 unspecified atom stereocenters. The summed E-state index contributed by atoms with van der Waals surface area (Å²) in [4.78, 5) is 31.8. The van der Waals surface area contributed by atoms with Gasteiger partial charge in [0, 0.05) is 29.3 Å². The molecule has 2 amide bonds. The van der Waals surface area contributed by atoms with Crippen molar-refractivity contribution >= 4 is 37.3 Å². The van der Waals surface area contributed by atoms with Crippen LogP contribution in [-0.2, 0) is 33.0 Å². The third-order valence-electron chi connectivity index (χ3n) is 10.7. The molecule has 8 rings (SSSR count). The van der Waals surface area contributed by atoms with Crippen molar-refractivity contribution in [3.8, 4) is 5.75 Å². The second-order valence-corrected chi connectivity index (χ2v) is 18.1. The number of halogens is 1. The first-order valence-electron chi connectivity index (χ1n) is 17.6. The number of carbonyl (C=O) groups is 2. The molecule has 3 aliphatic rings. The average molecular weight is 718 g/mol. The highest BCUT2D eigenvalue weighted by Gasteiger charge is 2.66. The number of nitrogens with zero attached hydrogens (tertiary/aromatic N) is 5. The second-order valence-electron chi connectivity index (χ2n) is 14.3. The van der Waals surface area contributed by atoms with E-state index in [0.717, 1.165) is 5.56 Å². The van der Waals surface area contributed by atoms with Crippen LogP contribution >= 0.6 is 0 Å². The van der Waals surface area contributed by atoms with E-state index >= 15 is 4.11 Å². The van der Waals surface area contributed by atoms with E-state index in [1.807, 2.05) is 110 Å². The Balaban J connectivity index is 1.17. The third kappa shape index (κ3) is 5.71. The number of ether oxygens (including phenoxy) is 2. The molecule has 0 aliphatic carbocycles. The number of hydrogen-bond donors (Lipinski definition) is 1. The zero-order valence-corrected chi connectivity index (χ0v) is 30.2. The number of aryl methyl sites for hydroxylation is 1. The van der Waals surface area contributed by atoms with Gasteiger partial charge in [-0.15, -0.1) is 5.10 Å². The first kappa shape index (κ1) is 33.9. The van der Waals surface area contributed by atoms with Gasteiger partial charge in [0.1, 0.15) is 17.5 Å². The van der Waals surface area contributed by atoms with Gasteiger partial charge in [-0.05, 0) is 61.0 Å². The predicted molar refractivity (Wildman–Crippen MR) is 196 cm³/mol. The summed E-state index contributed by atoms with van der Waals surface area (Å²) < 4.78 is 31.0. The maximum Gasteiger partial charge on any atom is 0.269 e. The Kier molecular flexibility index (Phi) is 8.55. The fourth-order valence-electron chi connectivity index (χ4n) is 8.37. The summed E-state index contributed by atoms with van der Waals surface area (Å²) in [6, 6.07) is 31.9. The summed E-state index contributed by atoms with van der Waals surface area (Å²) >= 11 is 0. The maximum atomic E-state index is 16.6. The average Bonchev–Trinajstić information content (AvgIpc) is 3.81. The van der Waals surface area contributed by atoms with Crippen LogP contribution in [0.3, 0.4) is 0 Å². The Morgan fingerprint density at radius 1 is 0.962 bits per heavy atom. The molecule has 266 valence electrons. The molecule has 1 saturated heterocycles. The van der Waals surface area contributed by atoms with Crippen LogP contribution in [0.15, 0.2) is 109 Å². The molecule has 4 heterocycles. The van der Waals surface area contributed by atoms with Gasteiger partial charge < -0.3 is 23.6 Å². The minimum Gasteiger partial charge on any atom is -0.482 e. The minimum absolute atomic E-state index is 0.122. The summed E-state index contributed by atoms with van der Waals surface area (Å²) in [6.45, 7) is 5.81. The number of rotatable bonds is 9. The van der Waals surface area contributed by atoms with Crippen LogP contribution in [-0.4, -0.2) is 53.0 Å². The third-order valence-corrected chi connectivity index (χ3v) is 13.1. The highest BCUT2D eigenvalue weighted by Crippen LogP contribution is 2.61. The van der Waals surface area contributed by atoms with Crippen molar-refractivity contribution in [1.82, 2.24) is 15.0 Å². The van der Waals surface area contributed by atoms with Crippen LogP contribution in [0.25, 0.3) is 0 Å². The Labute approximate surface area is 302 Å². The van der Waals surface area contributed by atoms with E-state index in [1.165, 1.54) is 0 Å². The fourth-order valence-corrected chi connectivity index (χ4v) is 10.9. The zero-order chi connectivity index (χ0) is 36.2. The number of benzene rings is 4. The number of aromatic nitrogens is 3. The van der Waals surface area contributed by atoms with E-state index in [2.05, 4.69) is 10.3 Å². The van der Waals surface area contributed by atoms with Gasteiger partial charge in [0.25, 0.3) is 11.8 Å². The van der Waals surface area contributed by atoms with Crippen LogP contribution in [0.5, 0.6) is 5.75 Å². The van der Waals surface area contributed by atoms with E-state index in [1.54, 1.807) is 33.8 Å². The molecule has 1 fully saturated rings. The molecule has 5 atom stereocenters. The Morgan fingerprint density at radius 3 is 2.42 bits per heavy atom. The van der Waals surface area contributed by atoms with Crippen LogP contribution in [0.4, 0.5) is 21.2 Å². The maximum absolute atomic E-state index is 16.6. The lowest BCUT2D eigenvalue weighted by molar-refractivity contribution is -0.146. The number of carbonyl (C=O) groups excluding carboxylic acids is 2. The number of amides is 2. The summed E-state index contributed by atoms with van der Waals surface area (Å²) in [6.07, 6.45) is 0.516. The van der Waals surface area contributed by atoms with E-state index in [4.69, 9.17) is 9.47 Å². The van der Waals surface area contributed by atoms with E-state index in [0.29, 0.717) is 59.1 Å². The van der Waals surface area contributed by atoms with Gasteiger partial charge in [-0.1, -0.05) is 84.9 Å². The molecule has 3 aliphatic heterocycles. The van der Waals surface area contributed by atoms with Gasteiger partial charge in [0.2, 0.25) is 8.41 Å². The monoisotopic (exact) mass is 717 g/mol. The van der Waals surface area contributed by atoms with E-state index < -0.39 is 37.7 Å². The molecule has 1 aromatic heterocycles. The molecule has 12 heteroatoms. The summed E-state index contributed by atoms with van der Waals surface area (Å²) in [5.74, 6) is -0.423. The first-order valence-corrected chi connectivity index (χ1v) is 20.6. The Morgan fingerprint density at radius 2 is 1.67 bits per heavy atom. The topological polar surface area (TPSA) is 110 Å². The standard InChI is InChI=1S/C40H40FN5O5Si/c1-26-38(52(2,3)41)35(20-21-44-24-31(42-43-44)37(48)28-14-8-5-9-15-28)51-40(26)30-22-29(46-33-16-10-11-17-34(33)50-25-36(46)47)18-19-32(30)45(39(40)49)23-27-12-6-4-7-13-27/h4-19,22,24,26,35,37-38,48H,20-21,23,25H2,1-3H3/t26-,35+,37+,38-,40+/m0/s1. The second kappa shape index (κ2) is 13.1. The molecule has 0 bridgehead atoms. The Bertz CT molecular complexity index is 2130. The lowest BCUT2D eigenvalue weighted by Gasteiger charge is -2.32. The van der Waals surface area contributed by atoms with Crippen molar-refractivity contribution < 1.29 is 28.3 Å². The molecule has 10 nitrogen and oxygen atoms in total. The number of hydrogen-bond acceptors (Lipinski definition) is 7. The lowest BCUT2D eigenvalue weighted by atomic mass is 9.82. The van der Waals surface area contributed by atoms with Gasteiger partial charge >= 0.3 is 0 Å². The molecule has 0 saturated carbocycles. The van der Waals surface area contributed by atoms with E-state index in [9.17, 15) is 14.7 Å². The molecular weight excluding hydrogens is 678 g/mol. The number of anilines is 3. The van der Waals surface area contributed by atoms with Crippen molar-refractivity contribution in [2.45, 2.75) is 62.9 Å². The van der Waals surface area contributed by atoms with Crippen molar-refractivity contribution in [1.29, 1.82) is 0 Å². The van der Waals surface area contributed by atoms with Crippen LogP contribution in [0, 0.1) is 5.92 Å². The lowest BCUT2D eigenvalue weighted by Crippen LogP contribution is -2.45. The molecular formula is C40H40FN5O5Si. The number of fused-ring (bicyclic) bond motifs is 3. The van der Waals surface area contributed by atoms with E-state index in [-0.39, 0.29) is 18.4 Å². The highest BCUT2D eigenvalue weighted by molar-refractivity contribution is 6.72. The Hall–Kier alpha value is -5.17. The number of aliphatic hydroxyl groups is 1. The van der Waals surface area contributed by atoms with Gasteiger partial charge in [-0.2, -0.15) is 0 Å². The van der Waals surface area contributed by atoms with Crippen molar-refractivity contribution in [2.24, 2.45) is 5.92 Å². The molecule has 52 heavy (non-hydrogen) atoms. The normalized spacial score (nSPS) is 23.1. The van der Waals surface area contributed by atoms with Crippen molar-refractivity contribution in [3.05, 3.63) is 132 Å². The van der Waals surface area contributed by atoms with Gasteiger partial charge in [0.15, 0.2) is 12.2 Å². The minimum atomic E-state index is -3.45. The van der Waals surface area contributed by atoms with Gasteiger partial charge in [0.05, 0.1) is 30.2 Å². The molecule has 1 spiro atoms. The van der Waals surface area contributed by atoms with Gasteiger partial charge in [-0.3, -0.25) is 19.2 Å². The molecule has 1 N–H and O–H groups in total. The molecule has 5 aromatic rings. The van der Waals surface area contributed by atoms with Crippen molar-refractivity contribution in [2.75, 3.05) is 16.4 Å². The summed E-state index contributed by atoms with van der Waals surface area (Å²) in [5, 5.41) is 19.4. The van der Waals surface area contributed by atoms with Gasteiger partial charge in [-0.25, -0.2) is 0 Å². The zero-order valence-electron chi connectivity index (χ0n) is 29.2. The summed E-state index contributed by atoms with van der Waals surface area (Å²) in [5.41, 5.74) is 2.51. The fraction of sp³-hybridized carbons (Fsp3) is 0.300. The molecule has 4 aromatic carbocycles. The smallest absolute Gasteiger partial charge is 0.269 e. The van der Waals surface area contributed by atoms with Crippen LogP contribution < -0.4 is 14.5 Å². The number of aliphatic hydroxyl groups excluding tert-OH is 1. The van der Waals surface area contributed by atoms with Crippen LogP contribution in [0.2, 0.25) is 18.6 Å². The largest absolute Gasteiger partial charge is 0.482 e. The van der Waals surface area contributed by atoms with Crippen LogP contribution in [0.1, 0.15) is 41.8 Å². The number of para-hydroxylation sites is 2.